The number of hydrogen-bond acceptors (Lipinski definition) is 4. The lowest BCUT2D eigenvalue weighted by Crippen LogP contribution is -2.51. The summed E-state index contributed by atoms with van der Waals surface area (Å²) in [6, 6.07) is 7.25. The van der Waals surface area contributed by atoms with Crippen LogP contribution >= 0.6 is 11.8 Å². The van der Waals surface area contributed by atoms with Crippen LogP contribution in [0.3, 0.4) is 0 Å². The van der Waals surface area contributed by atoms with Crippen LogP contribution in [0.15, 0.2) is 34.1 Å². The first-order valence-corrected chi connectivity index (χ1v) is 9.14. The molecule has 2 unspecified atom stereocenters. The molecule has 1 heterocycles. The molecule has 0 saturated carbocycles. The Kier molecular flexibility index (Phi) is 4.89. The van der Waals surface area contributed by atoms with E-state index in [9.17, 15) is 8.42 Å². The van der Waals surface area contributed by atoms with Gasteiger partial charge in [-0.1, -0.05) is 12.1 Å². The van der Waals surface area contributed by atoms with Crippen LogP contribution in [0, 0.1) is 0 Å². The zero-order chi connectivity index (χ0) is 13.9. The highest BCUT2D eigenvalue weighted by atomic mass is 32.2. The first kappa shape index (κ1) is 14.8. The Morgan fingerprint density at radius 2 is 2.11 bits per heavy atom. The fraction of sp³-hybridized carbons (Fsp3) is 0.538. The van der Waals surface area contributed by atoms with Crippen molar-refractivity contribution in [2.75, 3.05) is 12.8 Å². The van der Waals surface area contributed by atoms with Gasteiger partial charge >= 0.3 is 0 Å². The summed E-state index contributed by atoms with van der Waals surface area (Å²) in [5, 5.41) is 3.30. The third-order valence-corrected chi connectivity index (χ3v) is 5.90. The highest BCUT2D eigenvalue weighted by Crippen LogP contribution is 2.25. The van der Waals surface area contributed by atoms with Crippen molar-refractivity contribution < 1.29 is 8.42 Å². The zero-order valence-electron chi connectivity index (χ0n) is 11.2. The van der Waals surface area contributed by atoms with Crippen LogP contribution in [0.1, 0.15) is 19.8 Å². The van der Waals surface area contributed by atoms with E-state index in [-0.39, 0.29) is 12.1 Å². The predicted molar refractivity (Wildman–Crippen MR) is 79.0 cm³/mol. The molecule has 0 aliphatic carbocycles. The molecule has 6 heteroatoms. The van der Waals surface area contributed by atoms with E-state index in [0.717, 1.165) is 24.3 Å². The molecule has 1 aliphatic rings. The molecule has 1 aromatic carbocycles. The smallest absolute Gasteiger partial charge is 0.241 e. The van der Waals surface area contributed by atoms with Gasteiger partial charge in [0, 0.05) is 17.0 Å². The van der Waals surface area contributed by atoms with Gasteiger partial charge in [-0.25, -0.2) is 13.1 Å². The highest BCUT2D eigenvalue weighted by Gasteiger charge is 2.27. The number of rotatable bonds is 4. The summed E-state index contributed by atoms with van der Waals surface area (Å²) in [5.41, 5.74) is 0. The number of piperidine rings is 1. The van der Waals surface area contributed by atoms with Gasteiger partial charge in [-0.05, 0) is 44.7 Å². The average Bonchev–Trinajstić information content (AvgIpc) is 2.41. The molecule has 1 saturated heterocycles. The molecular weight excluding hydrogens is 280 g/mol. The summed E-state index contributed by atoms with van der Waals surface area (Å²) in [6.45, 7) is 2.98. The minimum absolute atomic E-state index is 0.0336. The van der Waals surface area contributed by atoms with E-state index >= 15 is 0 Å². The number of thioether (sulfide) groups is 1. The summed E-state index contributed by atoms with van der Waals surface area (Å²) >= 11 is 1.45. The Bertz CT molecular complexity index is 531. The second-order valence-corrected chi connectivity index (χ2v) is 7.29. The number of hydrogen-bond donors (Lipinski definition) is 2. The standard InChI is InChI=1S/C13H20N2O2S2/c1-10-11(6-5-9-14-10)15-19(16,17)13-8-4-3-7-12(13)18-2/h3-4,7-8,10-11,14-15H,5-6,9H2,1-2H3. The summed E-state index contributed by atoms with van der Waals surface area (Å²) < 4.78 is 27.8. The molecule has 1 aliphatic heterocycles. The maximum Gasteiger partial charge on any atom is 0.241 e. The van der Waals surface area contributed by atoms with Crippen molar-refractivity contribution in [1.82, 2.24) is 10.0 Å². The molecule has 2 rings (SSSR count). The minimum Gasteiger partial charge on any atom is -0.313 e. The molecule has 0 spiro atoms. The monoisotopic (exact) mass is 300 g/mol. The van der Waals surface area contributed by atoms with E-state index in [2.05, 4.69) is 10.0 Å². The van der Waals surface area contributed by atoms with E-state index in [1.54, 1.807) is 12.1 Å². The van der Waals surface area contributed by atoms with E-state index in [0.29, 0.717) is 4.90 Å². The van der Waals surface area contributed by atoms with Crippen LogP contribution in [0.2, 0.25) is 0 Å². The van der Waals surface area contributed by atoms with Gasteiger partial charge in [-0.3, -0.25) is 0 Å². The molecule has 1 aromatic rings. The van der Waals surface area contributed by atoms with E-state index in [1.807, 2.05) is 25.3 Å². The van der Waals surface area contributed by atoms with E-state index in [4.69, 9.17) is 0 Å². The van der Waals surface area contributed by atoms with Gasteiger partial charge < -0.3 is 5.32 Å². The summed E-state index contributed by atoms with van der Waals surface area (Å²) in [7, 11) is -3.45. The van der Waals surface area contributed by atoms with Gasteiger partial charge in [-0.2, -0.15) is 0 Å². The lowest BCUT2D eigenvalue weighted by molar-refractivity contribution is 0.348. The van der Waals surface area contributed by atoms with E-state index in [1.165, 1.54) is 11.8 Å². The van der Waals surface area contributed by atoms with Gasteiger partial charge in [0.05, 0.1) is 4.90 Å². The van der Waals surface area contributed by atoms with Crippen LogP contribution in [0.25, 0.3) is 0 Å². The largest absolute Gasteiger partial charge is 0.313 e. The molecule has 19 heavy (non-hydrogen) atoms. The predicted octanol–water partition coefficient (Wildman–Crippen LogP) is 1.83. The quantitative estimate of drug-likeness (QED) is 0.833. The van der Waals surface area contributed by atoms with Crippen LogP contribution in [0.4, 0.5) is 0 Å². The molecule has 0 radical (unpaired) electrons. The fourth-order valence-electron chi connectivity index (χ4n) is 2.31. The lowest BCUT2D eigenvalue weighted by Gasteiger charge is -2.30. The van der Waals surface area contributed by atoms with Crippen LogP contribution in [-0.2, 0) is 10.0 Å². The molecule has 2 N–H and O–H groups in total. The SMILES string of the molecule is CSc1ccccc1S(=O)(=O)NC1CCCNC1C. The van der Waals surface area contributed by atoms with Crippen molar-refractivity contribution in [2.45, 2.75) is 41.6 Å². The highest BCUT2D eigenvalue weighted by molar-refractivity contribution is 7.99. The molecule has 4 nitrogen and oxygen atoms in total. The third kappa shape index (κ3) is 3.51. The first-order chi connectivity index (χ1) is 9.04. The van der Waals surface area contributed by atoms with Gasteiger partial charge in [0.1, 0.15) is 0 Å². The van der Waals surface area contributed by atoms with Gasteiger partial charge in [-0.15, -0.1) is 11.8 Å². The maximum atomic E-state index is 12.5. The molecule has 0 aromatic heterocycles. The van der Waals surface area contributed by atoms with Crippen LogP contribution < -0.4 is 10.0 Å². The molecule has 106 valence electrons. The Balaban J connectivity index is 2.22. The molecule has 0 bridgehead atoms. The molecule has 1 fully saturated rings. The van der Waals surface area contributed by atoms with Crippen LogP contribution in [-0.4, -0.2) is 33.3 Å². The zero-order valence-corrected chi connectivity index (χ0v) is 12.9. The molecule has 2 atom stereocenters. The van der Waals surface area contributed by atoms with Crippen molar-refractivity contribution in [2.24, 2.45) is 0 Å². The van der Waals surface area contributed by atoms with Crippen molar-refractivity contribution >= 4 is 21.8 Å². The maximum absolute atomic E-state index is 12.5. The van der Waals surface area contributed by atoms with Gasteiger partial charge in [0.2, 0.25) is 10.0 Å². The van der Waals surface area contributed by atoms with Gasteiger partial charge in [0.15, 0.2) is 0 Å². The molecule has 0 amide bonds. The van der Waals surface area contributed by atoms with Crippen molar-refractivity contribution in [3.05, 3.63) is 24.3 Å². The number of nitrogens with one attached hydrogen (secondary N) is 2. The number of sulfonamides is 1. The summed E-state index contributed by atoms with van der Waals surface area (Å²) in [6.07, 6.45) is 3.77. The van der Waals surface area contributed by atoms with Crippen molar-refractivity contribution in [3.63, 3.8) is 0 Å². The Labute approximate surface area is 119 Å². The van der Waals surface area contributed by atoms with Crippen molar-refractivity contribution in [3.8, 4) is 0 Å². The number of benzene rings is 1. The molecular formula is C13H20N2O2S2. The summed E-state index contributed by atoms with van der Waals surface area (Å²) in [4.78, 5) is 1.16. The fourth-order valence-corrected chi connectivity index (χ4v) is 4.81. The van der Waals surface area contributed by atoms with Gasteiger partial charge in [0.25, 0.3) is 0 Å². The normalized spacial score (nSPS) is 24.3. The second-order valence-electron chi connectivity index (χ2n) is 4.76. The van der Waals surface area contributed by atoms with E-state index < -0.39 is 10.0 Å². The second kappa shape index (κ2) is 6.26. The topological polar surface area (TPSA) is 58.2 Å². The average molecular weight is 300 g/mol. The Hall–Kier alpha value is -0.560. The summed E-state index contributed by atoms with van der Waals surface area (Å²) in [5.74, 6) is 0. The van der Waals surface area contributed by atoms with Crippen molar-refractivity contribution in [1.29, 1.82) is 0 Å². The Morgan fingerprint density at radius 1 is 1.37 bits per heavy atom. The third-order valence-electron chi connectivity index (χ3n) is 3.43. The lowest BCUT2D eigenvalue weighted by atomic mass is 10.0. The minimum atomic E-state index is -3.45. The Morgan fingerprint density at radius 3 is 2.79 bits per heavy atom. The van der Waals surface area contributed by atoms with Crippen LogP contribution in [0.5, 0.6) is 0 Å². The first-order valence-electron chi connectivity index (χ1n) is 6.43.